The second kappa shape index (κ2) is 10.1. The molecule has 10 aromatic rings. The van der Waals surface area contributed by atoms with Gasteiger partial charge in [-0.2, -0.15) is 5.26 Å². The van der Waals surface area contributed by atoms with E-state index in [1.54, 1.807) is 11.3 Å². The van der Waals surface area contributed by atoms with E-state index in [0.717, 1.165) is 32.5 Å². The van der Waals surface area contributed by atoms with Crippen LogP contribution in [-0.4, -0.2) is 4.57 Å². The van der Waals surface area contributed by atoms with Crippen molar-refractivity contribution in [2.24, 2.45) is 0 Å². The van der Waals surface area contributed by atoms with E-state index in [4.69, 9.17) is 0 Å². The zero-order valence-electron chi connectivity index (χ0n) is 25.1. The summed E-state index contributed by atoms with van der Waals surface area (Å²) in [6.45, 7) is 0. The third-order valence-electron chi connectivity index (χ3n) is 9.43. The molecule has 0 fully saturated rings. The van der Waals surface area contributed by atoms with Crippen molar-refractivity contribution in [2.45, 2.75) is 0 Å². The maximum Gasteiger partial charge on any atom is 0.101 e. The number of nitrogens with zero attached hydrogens (tertiary/aromatic N) is 2. The SMILES string of the molecule is N#Cc1cc(-c2ccc3c(c2)sc2ccccc23)cc2c1sc1c(-n3c4ccccc4c4cc(-c5ccccc5)ccc43)cccc12. The van der Waals surface area contributed by atoms with E-state index in [1.165, 1.54) is 63.2 Å². The summed E-state index contributed by atoms with van der Waals surface area (Å²) in [6.07, 6.45) is 0. The summed E-state index contributed by atoms with van der Waals surface area (Å²) >= 11 is 3.55. The number of rotatable bonds is 3. The van der Waals surface area contributed by atoms with Gasteiger partial charge in [0.15, 0.2) is 0 Å². The molecule has 0 saturated carbocycles. The largest absolute Gasteiger partial charge is 0.308 e. The van der Waals surface area contributed by atoms with Crippen molar-refractivity contribution in [3.8, 4) is 34.0 Å². The van der Waals surface area contributed by atoms with Crippen LogP contribution in [0.5, 0.6) is 0 Å². The molecule has 10 rings (SSSR count). The molecule has 218 valence electrons. The van der Waals surface area contributed by atoms with Gasteiger partial charge in [0, 0.05) is 41.7 Å². The fraction of sp³-hybridized carbons (Fsp3) is 0. The number of aromatic nitrogens is 1. The number of para-hydroxylation sites is 1. The van der Waals surface area contributed by atoms with Crippen molar-refractivity contribution in [1.82, 2.24) is 4.57 Å². The molecule has 0 amide bonds. The molecular weight excluding hydrogens is 609 g/mol. The van der Waals surface area contributed by atoms with Crippen LogP contribution in [0.1, 0.15) is 5.56 Å². The number of fused-ring (bicyclic) bond motifs is 9. The third-order valence-corrected chi connectivity index (χ3v) is 11.8. The molecule has 0 radical (unpaired) electrons. The van der Waals surface area contributed by atoms with Gasteiger partial charge in [-0.15, -0.1) is 22.7 Å². The molecule has 0 aliphatic heterocycles. The molecule has 0 unspecified atom stereocenters. The fourth-order valence-electron chi connectivity index (χ4n) is 7.26. The van der Waals surface area contributed by atoms with Crippen LogP contribution in [0.3, 0.4) is 0 Å². The van der Waals surface area contributed by atoms with E-state index in [-0.39, 0.29) is 0 Å². The van der Waals surface area contributed by atoms with Crippen LogP contribution in [0, 0.1) is 11.3 Å². The van der Waals surface area contributed by atoms with Gasteiger partial charge in [0.2, 0.25) is 0 Å². The van der Waals surface area contributed by atoms with Crippen molar-refractivity contribution >= 4 is 84.8 Å². The average molecular weight is 633 g/mol. The molecule has 0 spiro atoms. The van der Waals surface area contributed by atoms with Crippen LogP contribution in [-0.2, 0) is 0 Å². The van der Waals surface area contributed by atoms with Gasteiger partial charge in [-0.25, -0.2) is 0 Å². The molecule has 0 aliphatic carbocycles. The zero-order chi connectivity index (χ0) is 31.1. The number of hydrogen-bond donors (Lipinski definition) is 0. The van der Waals surface area contributed by atoms with Crippen LogP contribution >= 0.6 is 22.7 Å². The average Bonchev–Trinajstić information content (AvgIpc) is 3.80. The highest BCUT2D eigenvalue weighted by Gasteiger charge is 2.19. The smallest absolute Gasteiger partial charge is 0.101 e. The van der Waals surface area contributed by atoms with Crippen molar-refractivity contribution in [3.63, 3.8) is 0 Å². The van der Waals surface area contributed by atoms with Gasteiger partial charge in [-0.05, 0) is 70.8 Å². The lowest BCUT2D eigenvalue weighted by Gasteiger charge is -2.10. The van der Waals surface area contributed by atoms with Crippen LogP contribution in [0.25, 0.3) is 90.1 Å². The normalized spacial score (nSPS) is 11.8. The maximum absolute atomic E-state index is 10.4. The molecule has 0 N–H and O–H groups in total. The summed E-state index contributed by atoms with van der Waals surface area (Å²) in [7, 11) is 0. The van der Waals surface area contributed by atoms with Crippen LogP contribution in [0.15, 0.2) is 146 Å². The van der Waals surface area contributed by atoms with E-state index >= 15 is 0 Å². The van der Waals surface area contributed by atoms with E-state index in [1.807, 2.05) is 11.3 Å². The summed E-state index contributed by atoms with van der Waals surface area (Å²) in [6, 6.07) is 54.8. The van der Waals surface area contributed by atoms with E-state index in [0.29, 0.717) is 0 Å². The summed E-state index contributed by atoms with van der Waals surface area (Å²) in [5, 5.41) is 17.8. The Bertz CT molecular complexity index is 2920. The molecular formula is C43H24N2S2. The van der Waals surface area contributed by atoms with Gasteiger partial charge in [0.1, 0.15) is 6.07 Å². The van der Waals surface area contributed by atoms with Gasteiger partial charge in [-0.1, -0.05) is 97.1 Å². The zero-order valence-corrected chi connectivity index (χ0v) is 26.7. The highest BCUT2D eigenvalue weighted by Crippen LogP contribution is 2.44. The highest BCUT2D eigenvalue weighted by atomic mass is 32.1. The third kappa shape index (κ3) is 3.95. The molecule has 0 aliphatic rings. The number of thiophene rings is 2. The number of hydrogen-bond acceptors (Lipinski definition) is 3. The minimum atomic E-state index is 0.718. The van der Waals surface area contributed by atoms with Gasteiger partial charge < -0.3 is 4.57 Å². The van der Waals surface area contributed by atoms with Crippen LogP contribution in [0.2, 0.25) is 0 Å². The van der Waals surface area contributed by atoms with Gasteiger partial charge in [0.05, 0.1) is 31.7 Å². The van der Waals surface area contributed by atoms with Crippen molar-refractivity contribution < 1.29 is 0 Å². The van der Waals surface area contributed by atoms with Crippen LogP contribution in [0.4, 0.5) is 0 Å². The first-order valence-electron chi connectivity index (χ1n) is 15.7. The number of benzene rings is 7. The van der Waals surface area contributed by atoms with Crippen LogP contribution < -0.4 is 0 Å². The summed E-state index contributed by atoms with van der Waals surface area (Å²) in [5.41, 5.74) is 8.84. The van der Waals surface area contributed by atoms with E-state index in [2.05, 4.69) is 156 Å². The molecule has 0 atom stereocenters. The van der Waals surface area contributed by atoms with E-state index < -0.39 is 0 Å². The Morgan fingerprint density at radius 3 is 2.02 bits per heavy atom. The van der Waals surface area contributed by atoms with E-state index in [9.17, 15) is 5.26 Å². The molecule has 0 bridgehead atoms. The first-order valence-corrected chi connectivity index (χ1v) is 17.3. The second-order valence-corrected chi connectivity index (χ2v) is 14.1. The number of nitriles is 1. The Balaban J connectivity index is 1.20. The first kappa shape index (κ1) is 26.5. The molecule has 2 nitrogen and oxygen atoms in total. The predicted molar refractivity (Wildman–Crippen MR) is 202 cm³/mol. The lowest BCUT2D eigenvalue weighted by Crippen LogP contribution is -1.93. The standard InChI is InChI=1S/C43H24N2S2/c44-25-30-21-29(28-17-19-33-32-12-5-7-16-40(32)46-41(33)24-28)23-36-34-13-8-15-39(43(34)47-42(30)36)45-37-14-6-4-11-31(37)35-22-27(18-20-38(35)45)26-9-2-1-3-10-26/h1-24H. The molecule has 4 heteroatoms. The summed E-state index contributed by atoms with van der Waals surface area (Å²) in [4.78, 5) is 0. The second-order valence-electron chi connectivity index (χ2n) is 12.0. The quantitative estimate of drug-likeness (QED) is 0.190. The maximum atomic E-state index is 10.4. The Morgan fingerprint density at radius 2 is 1.13 bits per heavy atom. The Morgan fingerprint density at radius 1 is 0.426 bits per heavy atom. The highest BCUT2D eigenvalue weighted by molar-refractivity contribution is 7.26. The molecule has 7 aromatic carbocycles. The molecule has 3 heterocycles. The lowest BCUT2D eigenvalue weighted by molar-refractivity contribution is 1.20. The minimum absolute atomic E-state index is 0.718. The van der Waals surface area contributed by atoms with Crippen molar-refractivity contribution in [1.29, 1.82) is 5.26 Å². The summed E-state index contributed by atoms with van der Waals surface area (Å²) < 4.78 is 7.19. The molecule has 47 heavy (non-hydrogen) atoms. The van der Waals surface area contributed by atoms with Crippen molar-refractivity contribution in [3.05, 3.63) is 151 Å². The Hall–Kier alpha value is -5.73. The van der Waals surface area contributed by atoms with Gasteiger partial charge >= 0.3 is 0 Å². The topological polar surface area (TPSA) is 28.7 Å². The minimum Gasteiger partial charge on any atom is -0.308 e. The predicted octanol–water partition coefficient (Wildman–Crippen LogP) is 12.7. The summed E-state index contributed by atoms with van der Waals surface area (Å²) in [5.74, 6) is 0. The Kier molecular flexibility index (Phi) is 5.71. The van der Waals surface area contributed by atoms with Gasteiger partial charge in [-0.3, -0.25) is 0 Å². The van der Waals surface area contributed by atoms with Gasteiger partial charge in [0.25, 0.3) is 0 Å². The molecule has 0 saturated heterocycles. The monoisotopic (exact) mass is 632 g/mol. The first-order chi connectivity index (χ1) is 23.2. The fourth-order valence-corrected chi connectivity index (χ4v) is 9.65. The lowest BCUT2D eigenvalue weighted by atomic mass is 9.99. The van der Waals surface area contributed by atoms with Crippen molar-refractivity contribution in [2.75, 3.05) is 0 Å². The molecule has 3 aromatic heterocycles. The Labute approximate surface area is 278 Å².